The van der Waals surface area contributed by atoms with Crippen molar-refractivity contribution < 1.29 is 9.53 Å². The van der Waals surface area contributed by atoms with Gasteiger partial charge in [0.15, 0.2) is 0 Å². The molecule has 0 radical (unpaired) electrons. The van der Waals surface area contributed by atoms with Gasteiger partial charge in [0.2, 0.25) is 5.91 Å². The van der Waals surface area contributed by atoms with Crippen molar-refractivity contribution in [3.05, 3.63) is 47.8 Å². The second kappa shape index (κ2) is 7.80. The fourth-order valence-electron chi connectivity index (χ4n) is 3.65. The monoisotopic (exact) mass is 413 g/mol. The molecule has 5 rings (SSSR count). The zero-order valence-electron chi connectivity index (χ0n) is 17.5. The number of pyridine rings is 2. The van der Waals surface area contributed by atoms with Gasteiger partial charge >= 0.3 is 0 Å². The molecule has 1 aromatic carbocycles. The Morgan fingerprint density at radius 3 is 2.84 bits per heavy atom. The van der Waals surface area contributed by atoms with Crippen molar-refractivity contribution in [3.8, 4) is 17.6 Å². The Balaban J connectivity index is 1.51. The van der Waals surface area contributed by atoms with Gasteiger partial charge in [-0.2, -0.15) is 0 Å². The molecular formula is C24H23N5O2. The van der Waals surface area contributed by atoms with Gasteiger partial charge in [0, 0.05) is 48.7 Å². The Labute approximate surface area is 180 Å². The molecule has 0 spiro atoms. The topological polar surface area (TPSA) is 79.4 Å². The molecule has 1 amide bonds. The summed E-state index contributed by atoms with van der Waals surface area (Å²) in [5.41, 5.74) is 2.72. The van der Waals surface area contributed by atoms with Crippen molar-refractivity contribution >= 4 is 34.0 Å². The van der Waals surface area contributed by atoms with E-state index in [0.717, 1.165) is 58.5 Å². The molecule has 31 heavy (non-hydrogen) atoms. The first-order valence-electron chi connectivity index (χ1n) is 10.4. The largest absolute Gasteiger partial charge is 0.490 e. The second-order valence-corrected chi connectivity index (χ2v) is 7.85. The van der Waals surface area contributed by atoms with Crippen LogP contribution < -0.4 is 20.3 Å². The number of rotatable bonds is 3. The third kappa shape index (κ3) is 3.84. The van der Waals surface area contributed by atoms with Crippen LogP contribution >= 0.6 is 0 Å². The molecule has 0 atom stereocenters. The molecule has 7 nitrogen and oxygen atoms in total. The van der Waals surface area contributed by atoms with Crippen molar-refractivity contribution in [1.29, 1.82) is 0 Å². The maximum absolute atomic E-state index is 12.2. The predicted molar refractivity (Wildman–Crippen MR) is 122 cm³/mol. The maximum atomic E-state index is 12.2. The molecule has 2 aromatic heterocycles. The Morgan fingerprint density at radius 2 is 2.03 bits per heavy atom. The zero-order valence-corrected chi connectivity index (χ0v) is 17.5. The summed E-state index contributed by atoms with van der Waals surface area (Å²) in [5, 5.41) is 7.75. The highest BCUT2D eigenvalue weighted by Gasteiger charge is 2.29. The number of benzene rings is 1. The summed E-state index contributed by atoms with van der Waals surface area (Å²) in [4.78, 5) is 23.2. The summed E-state index contributed by atoms with van der Waals surface area (Å²) in [5.74, 6) is 8.72. The molecule has 1 fully saturated rings. The molecular weight excluding hydrogens is 390 g/mol. The van der Waals surface area contributed by atoms with E-state index in [1.54, 1.807) is 12.4 Å². The van der Waals surface area contributed by atoms with Crippen LogP contribution in [0.25, 0.3) is 10.8 Å². The van der Waals surface area contributed by atoms with Crippen molar-refractivity contribution in [3.63, 3.8) is 0 Å². The third-order valence-corrected chi connectivity index (χ3v) is 5.61. The highest BCUT2D eigenvalue weighted by molar-refractivity contribution is 5.99. The zero-order chi connectivity index (χ0) is 21.4. The van der Waals surface area contributed by atoms with Gasteiger partial charge in [-0.05, 0) is 37.1 Å². The van der Waals surface area contributed by atoms with E-state index in [0.29, 0.717) is 12.4 Å². The molecule has 0 saturated heterocycles. The van der Waals surface area contributed by atoms with E-state index in [4.69, 9.17) is 4.74 Å². The van der Waals surface area contributed by atoms with Crippen molar-refractivity contribution in [2.75, 3.05) is 42.8 Å². The van der Waals surface area contributed by atoms with Crippen LogP contribution in [-0.2, 0) is 4.79 Å². The minimum absolute atomic E-state index is 0.0291. The fourth-order valence-corrected chi connectivity index (χ4v) is 3.65. The number of aromatic nitrogens is 2. The van der Waals surface area contributed by atoms with Crippen LogP contribution in [0.4, 0.5) is 17.3 Å². The lowest BCUT2D eigenvalue weighted by Crippen LogP contribution is -2.28. The van der Waals surface area contributed by atoms with E-state index in [1.807, 2.05) is 31.3 Å². The average molecular weight is 413 g/mol. The number of fused-ring (bicyclic) bond motifs is 2. The molecule has 3 aromatic rings. The Hall–Kier alpha value is -3.79. The Morgan fingerprint density at radius 1 is 1.16 bits per heavy atom. The Kier molecular flexibility index (Phi) is 4.83. The van der Waals surface area contributed by atoms with Gasteiger partial charge in [-0.3, -0.25) is 4.79 Å². The number of hydrogen-bond donors (Lipinski definition) is 2. The van der Waals surface area contributed by atoms with Gasteiger partial charge in [-0.25, -0.2) is 9.97 Å². The molecule has 2 N–H and O–H groups in total. The quantitative estimate of drug-likeness (QED) is 0.642. The molecule has 1 saturated carbocycles. The lowest BCUT2D eigenvalue weighted by Gasteiger charge is -2.27. The highest BCUT2D eigenvalue weighted by atomic mass is 16.5. The van der Waals surface area contributed by atoms with Crippen LogP contribution in [-0.4, -0.2) is 43.1 Å². The Bertz CT molecular complexity index is 1240. The lowest BCUT2D eigenvalue weighted by molar-refractivity contribution is -0.117. The predicted octanol–water partition coefficient (Wildman–Crippen LogP) is 3.25. The van der Waals surface area contributed by atoms with Crippen molar-refractivity contribution in [2.24, 2.45) is 5.92 Å². The highest BCUT2D eigenvalue weighted by Crippen LogP contribution is 2.32. The van der Waals surface area contributed by atoms with E-state index in [-0.39, 0.29) is 11.8 Å². The SMILES string of the molecule is CNc1ncc(C#Cc2ccc3c(c2)OCCN3C)c2cc(NC(=O)C3CC3)ncc12. The van der Waals surface area contributed by atoms with Gasteiger partial charge in [0.1, 0.15) is 24.0 Å². The molecule has 1 aliphatic carbocycles. The molecule has 0 bridgehead atoms. The summed E-state index contributed by atoms with van der Waals surface area (Å²) >= 11 is 0. The van der Waals surface area contributed by atoms with Gasteiger partial charge < -0.3 is 20.3 Å². The van der Waals surface area contributed by atoms with E-state index >= 15 is 0 Å². The third-order valence-electron chi connectivity index (χ3n) is 5.61. The van der Waals surface area contributed by atoms with E-state index in [1.165, 1.54) is 0 Å². The fraction of sp³-hybridized carbons (Fsp3) is 0.292. The number of carbonyl (C=O) groups is 1. The summed E-state index contributed by atoms with van der Waals surface area (Å²) in [6, 6.07) is 7.87. The molecule has 1 aliphatic heterocycles. The van der Waals surface area contributed by atoms with Crippen LogP contribution in [0, 0.1) is 17.8 Å². The molecule has 7 heteroatoms. The lowest BCUT2D eigenvalue weighted by atomic mass is 10.1. The molecule has 156 valence electrons. The first-order valence-corrected chi connectivity index (χ1v) is 10.4. The number of amides is 1. The minimum atomic E-state index is 0.0291. The van der Waals surface area contributed by atoms with Crippen LogP contribution in [0.2, 0.25) is 0 Å². The number of nitrogens with zero attached hydrogens (tertiary/aromatic N) is 3. The smallest absolute Gasteiger partial charge is 0.228 e. The van der Waals surface area contributed by atoms with Crippen molar-refractivity contribution in [2.45, 2.75) is 12.8 Å². The standard InChI is InChI=1S/C24H23N5O2/c1-25-23-19-14-26-22(28-24(30)16-6-7-16)12-18(19)17(13-27-23)5-3-15-4-8-20-21(11-15)31-10-9-29(20)2/h4,8,11-14,16H,6-7,9-10H2,1-2H3,(H,25,27)(H,26,28,30). The van der Waals surface area contributed by atoms with E-state index < -0.39 is 0 Å². The number of hydrogen-bond acceptors (Lipinski definition) is 6. The summed E-state index contributed by atoms with van der Waals surface area (Å²) < 4.78 is 5.79. The van der Waals surface area contributed by atoms with Crippen LogP contribution in [0.15, 0.2) is 36.7 Å². The first-order chi connectivity index (χ1) is 15.1. The van der Waals surface area contributed by atoms with Gasteiger partial charge in [0.05, 0.1) is 17.8 Å². The normalized spacial score (nSPS) is 14.8. The summed E-state index contributed by atoms with van der Waals surface area (Å²) in [7, 11) is 3.88. The minimum Gasteiger partial charge on any atom is -0.490 e. The van der Waals surface area contributed by atoms with E-state index in [9.17, 15) is 4.79 Å². The average Bonchev–Trinajstić information content (AvgIpc) is 3.63. The number of likely N-dealkylation sites (N-methyl/N-ethyl adjacent to an activating group) is 1. The van der Waals surface area contributed by atoms with Gasteiger partial charge in [-0.15, -0.1) is 0 Å². The number of carbonyl (C=O) groups excluding carboxylic acids is 1. The number of nitrogens with one attached hydrogen (secondary N) is 2. The molecule has 0 unspecified atom stereocenters. The van der Waals surface area contributed by atoms with Crippen LogP contribution in [0.1, 0.15) is 24.0 Å². The second-order valence-electron chi connectivity index (χ2n) is 7.85. The first kappa shape index (κ1) is 19.2. The summed E-state index contributed by atoms with van der Waals surface area (Å²) in [6.45, 7) is 1.55. The number of anilines is 3. The molecule has 2 aliphatic rings. The summed E-state index contributed by atoms with van der Waals surface area (Å²) in [6.07, 6.45) is 5.37. The van der Waals surface area contributed by atoms with Gasteiger partial charge in [0.25, 0.3) is 0 Å². The molecule has 3 heterocycles. The maximum Gasteiger partial charge on any atom is 0.228 e. The number of ether oxygens (including phenoxy) is 1. The van der Waals surface area contributed by atoms with Crippen molar-refractivity contribution in [1.82, 2.24) is 9.97 Å². The van der Waals surface area contributed by atoms with Crippen LogP contribution in [0.5, 0.6) is 5.75 Å². The van der Waals surface area contributed by atoms with Gasteiger partial charge in [-0.1, -0.05) is 11.8 Å². The van der Waals surface area contributed by atoms with Crippen LogP contribution in [0.3, 0.4) is 0 Å². The van der Waals surface area contributed by atoms with E-state index in [2.05, 4.69) is 44.4 Å².